The highest BCUT2D eigenvalue weighted by atomic mass is 16.2. The molecule has 1 aromatic carbocycles. The van der Waals surface area contributed by atoms with Gasteiger partial charge in [-0.05, 0) is 25.0 Å². The standard InChI is InChI=1S/C18H25N5O3/c1-5-11(2)14(21-18(19)26)16(24)20-15-12(3)22(4)23(17(15)25)13-9-7-6-8-10-13/h6-11,14H,5H2,1-4H3,(H,20,24)(H3,19,21,26)/t11-,14+/m1/s1. The van der Waals surface area contributed by atoms with Gasteiger partial charge < -0.3 is 16.4 Å². The van der Waals surface area contributed by atoms with Crippen molar-refractivity contribution in [3.8, 4) is 5.69 Å². The summed E-state index contributed by atoms with van der Waals surface area (Å²) < 4.78 is 3.15. The lowest BCUT2D eigenvalue weighted by molar-refractivity contribution is -0.119. The maximum atomic E-state index is 12.8. The molecule has 0 aliphatic heterocycles. The summed E-state index contributed by atoms with van der Waals surface area (Å²) in [6.45, 7) is 5.49. The first-order valence-electron chi connectivity index (χ1n) is 8.48. The first-order valence-corrected chi connectivity index (χ1v) is 8.48. The highest BCUT2D eigenvalue weighted by Gasteiger charge is 2.27. The van der Waals surface area contributed by atoms with Crippen LogP contribution in [-0.2, 0) is 11.8 Å². The molecule has 8 heteroatoms. The van der Waals surface area contributed by atoms with Crippen LogP contribution >= 0.6 is 0 Å². The zero-order valence-corrected chi connectivity index (χ0v) is 15.4. The van der Waals surface area contributed by atoms with Crippen molar-refractivity contribution >= 4 is 17.6 Å². The smallest absolute Gasteiger partial charge is 0.312 e. The van der Waals surface area contributed by atoms with Crippen LogP contribution in [-0.4, -0.2) is 27.3 Å². The summed E-state index contributed by atoms with van der Waals surface area (Å²) >= 11 is 0. The van der Waals surface area contributed by atoms with E-state index < -0.39 is 18.0 Å². The molecule has 0 bridgehead atoms. The van der Waals surface area contributed by atoms with Crippen LogP contribution in [0.2, 0.25) is 0 Å². The lowest BCUT2D eigenvalue weighted by atomic mass is 9.98. The van der Waals surface area contributed by atoms with Crippen LogP contribution in [0.1, 0.15) is 26.0 Å². The number of aromatic nitrogens is 2. The van der Waals surface area contributed by atoms with E-state index in [1.807, 2.05) is 44.2 Å². The van der Waals surface area contributed by atoms with Crippen molar-refractivity contribution in [2.45, 2.75) is 33.2 Å². The van der Waals surface area contributed by atoms with Gasteiger partial charge in [0.1, 0.15) is 11.7 Å². The number of para-hydroxylation sites is 1. The number of carbonyl (C=O) groups excluding carboxylic acids is 2. The Morgan fingerprint density at radius 2 is 1.85 bits per heavy atom. The van der Waals surface area contributed by atoms with Crippen molar-refractivity contribution in [3.05, 3.63) is 46.4 Å². The Kier molecular flexibility index (Phi) is 5.86. The number of hydrogen-bond donors (Lipinski definition) is 3. The van der Waals surface area contributed by atoms with Gasteiger partial charge in [-0.2, -0.15) is 0 Å². The minimum Gasteiger partial charge on any atom is -0.352 e. The minimum atomic E-state index is -0.818. The van der Waals surface area contributed by atoms with E-state index in [9.17, 15) is 14.4 Å². The third-order valence-corrected chi connectivity index (χ3v) is 4.60. The fraction of sp³-hybridized carbons (Fsp3) is 0.389. The molecule has 3 amide bonds. The summed E-state index contributed by atoms with van der Waals surface area (Å²) in [5, 5.41) is 5.12. The summed E-state index contributed by atoms with van der Waals surface area (Å²) in [5.41, 5.74) is 6.32. The first-order chi connectivity index (χ1) is 12.3. The van der Waals surface area contributed by atoms with Crippen LogP contribution < -0.4 is 21.9 Å². The normalized spacial score (nSPS) is 13.1. The molecule has 8 nitrogen and oxygen atoms in total. The Balaban J connectivity index is 2.39. The average molecular weight is 359 g/mol. The lowest BCUT2D eigenvalue weighted by Gasteiger charge is -2.22. The SMILES string of the molecule is CC[C@@H](C)[C@H](NC(N)=O)C(=O)Nc1c(C)n(C)n(-c2ccccc2)c1=O. The van der Waals surface area contributed by atoms with Crippen LogP contribution in [0.5, 0.6) is 0 Å². The van der Waals surface area contributed by atoms with Crippen molar-refractivity contribution in [3.63, 3.8) is 0 Å². The van der Waals surface area contributed by atoms with Gasteiger partial charge in [0.25, 0.3) is 5.56 Å². The number of nitrogens with zero attached hydrogens (tertiary/aromatic N) is 2. The molecule has 0 aliphatic rings. The molecule has 0 saturated carbocycles. The summed E-state index contributed by atoms with van der Waals surface area (Å²) in [6.07, 6.45) is 0.667. The number of carbonyl (C=O) groups is 2. The van der Waals surface area contributed by atoms with Crippen LogP contribution in [0.15, 0.2) is 35.1 Å². The molecule has 4 N–H and O–H groups in total. The molecule has 26 heavy (non-hydrogen) atoms. The number of urea groups is 1. The molecule has 0 fully saturated rings. The molecule has 0 unspecified atom stereocenters. The van der Waals surface area contributed by atoms with E-state index >= 15 is 0 Å². The molecule has 1 heterocycles. The fourth-order valence-electron chi connectivity index (χ4n) is 2.77. The highest BCUT2D eigenvalue weighted by molar-refractivity contribution is 5.97. The second-order valence-corrected chi connectivity index (χ2v) is 6.30. The second kappa shape index (κ2) is 7.90. The summed E-state index contributed by atoms with van der Waals surface area (Å²) in [5.74, 6) is -0.605. The number of rotatable bonds is 6. The highest BCUT2D eigenvalue weighted by Crippen LogP contribution is 2.16. The molecule has 0 aliphatic carbocycles. The third-order valence-electron chi connectivity index (χ3n) is 4.60. The monoisotopic (exact) mass is 359 g/mol. The maximum Gasteiger partial charge on any atom is 0.312 e. The number of nitrogens with two attached hydrogens (primary N) is 1. The van der Waals surface area contributed by atoms with Gasteiger partial charge in [-0.25, -0.2) is 9.48 Å². The maximum absolute atomic E-state index is 12.8. The van der Waals surface area contributed by atoms with E-state index in [2.05, 4.69) is 10.6 Å². The average Bonchev–Trinajstić information content (AvgIpc) is 2.83. The van der Waals surface area contributed by atoms with Gasteiger partial charge in [-0.1, -0.05) is 38.5 Å². The van der Waals surface area contributed by atoms with E-state index in [-0.39, 0.29) is 17.2 Å². The predicted molar refractivity (Wildman–Crippen MR) is 100 cm³/mol. The van der Waals surface area contributed by atoms with E-state index in [1.54, 1.807) is 18.7 Å². The van der Waals surface area contributed by atoms with Gasteiger partial charge in [0.05, 0.1) is 11.4 Å². The zero-order chi connectivity index (χ0) is 19.4. The number of amides is 3. The fourth-order valence-corrected chi connectivity index (χ4v) is 2.77. The van der Waals surface area contributed by atoms with Gasteiger partial charge >= 0.3 is 6.03 Å². The number of anilines is 1. The summed E-state index contributed by atoms with van der Waals surface area (Å²) in [6, 6.07) is 7.54. The summed E-state index contributed by atoms with van der Waals surface area (Å²) in [7, 11) is 1.74. The Hall–Kier alpha value is -3.03. The van der Waals surface area contributed by atoms with E-state index in [4.69, 9.17) is 5.73 Å². The Morgan fingerprint density at radius 3 is 2.38 bits per heavy atom. The van der Waals surface area contributed by atoms with E-state index in [0.717, 1.165) is 0 Å². The van der Waals surface area contributed by atoms with Crippen LogP contribution in [0.4, 0.5) is 10.5 Å². The van der Waals surface area contributed by atoms with Gasteiger partial charge in [0, 0.05) is 7.05 Å². The van der Waals surface area contributed by atoms with Crippen molar-refractivity contribution in [1.82, 2.24) is 14.7 Å². The third kappa shape index (κ3) is 3.79. The molecule has 140 valence electrons. The van der Waals surface area contributed by atoms with Crippen molar-refractivity contribution in [1.29, 1.82) is 0 Å². The Bertz CT molecular complexity index is 854. The van der Waals surface area contributed by atoms with E-state index in [0.29, 0.717) is 17.8 Å². The molecule has 2 atom stereocenters. The number of hydrogen-bond acceptors (Lipinski definition) is 3. The van der Waals surface area contributed by atoms with Crippen molar-refractivity contribution < 1.29 is 9.59 Å². The molecule has 2 rings (SSSR count). The molecule has 1 aromatic heterocycles. The first kappa shape index (κ1) is 19.3. The molecular weight excluding hydrogens is 334 g/mol. The van der Waals surface area contributed by atoms with E-state index in [1.165, 1.54) is 4.68 Å². The molecule has 0 saturated heterocycles. The Labute approximate surface area is 152 Å². The topological polar surface area (TPSA) is 111 Å². The molecular formula is C18H25N5O3. The van der Waals surface area contributed by atoms with Crippen molar-refractivity contribution in [2.75, 3.05) is 5.32 Å². The second-order valence-electron chi connectivity index (χ2n) is 6.30. The van der Waals surface area contributed by atoms with Gasteiger partial charge in [0.15, 0.2) is 0 Å². The quantitative estimate of drug-likeness (QED) is 0.727. The largest absolute Gasteiger partial charge is 0.352 e. The number of primary amides is 1. The Morgan fingerprint density at radius 1 is 1.23 bits per heavy atom. The molecule has 2 aromatic rings. The van der Waals surface area contributed by atoms with Crippen molar-refractivity contribution in [2.24, 2.45) is 18.7 Å². The zero-order valence-electron chi connectivity index (χ0n) is 15.4. The summed E-state index contributed by atoms with van der Waals surface area (Å²) in [4.78, 5) is 36.7. The number of nitrogens with one attached hydrogen (secondary N) is 2. The molecule has 0 radical (unpaired) electrons. The van der Waals surface area contributed by atoms with Crippen LogP contribution in [0, 0.1) is 12.8 Å². The lowest BCUT2D eigenvalue weighted by Crippen LogP contribution is -2.50. The minimum absolute atomic E-state index is 0.136. The van der Waals surface area contributed by atoms with Gasteiger partial charge in [-0.3, -0.25) is 14.3 Å². The number of benzene rings is 1. The predicted octanol–water partition coefficient (Wildman–Crippen LogP) is 1.51. The van der Waals surface area contributed by atoms with Gasteiger partial charge in [-0.15, -0.1) is 0 Å². The van der Waals surface area contributed by atoms with Crippen LogP contribution in [0.3, 0.4) is 0 Å². The van der Waals surface area contributed by atoms with Crippen LogP contribution in [0.25, 0.3) is 5.69 Å². The van der Waals surface area contributed by atoms with Gasteiger partial charge in [0.2, 0.25) is 5.91 Å². The molecule has 0 spiro atoms.